The summed E-state index contributed by atoms with van der Waals surface area (Å²) in [6.45, 7) is 0. The minimum atomic E-state index is -3.08. The summed E-state index contributed by atoms with van der Waals surface area (Å²) in [5.74, 6) is 1.80. The first-order valence-electron chi connectivity index (χ1n) is 3.47. The van der Waals surface area contributed by atoms with Crippen LogP contribution in [0.4, 0.5) is 0 Å². The van der Waals surface area contributed by atoms with Crippen LogP contribution in [-0.4, -0.2) is 38.2 Å². The summed E-state index contributed by atoms with van der Waals surface area (Å²) >= 11 is 0. The topological polar surface area (TPSA) is 63.6 Å². The SMILES string of the molecule is COC#C[C@@H]1CS(=O)(=O)C[C@H]1O. The van der Waals surface area contributed by atoms with Crippen LogP contribution in [0, 0.1) is 17.9 Å². The van der Waals surface area contributed by atoms with Crippen LogP contribution in [0.25, 0.3) is 0 Å². The molecule has 0 spiro atoms. The highest BCUT2D eigenvalue weighted by molar-refractivity contribution is 7.91. The van der Waals surface area contributed by atoms with Gasteiger partial charge in [-0.1, -0.05) is 5.92 Å². The molecule has 0 unspecified atom stereocenters. The van der Waals surface area contributed by atoms with Crippen molar-refractivity contribution in [3.63, 3.8) is 0 Å². The average Bonchev–Trinajstić information content (AvgIpc) is 2.20. The summed E-state index contributed by atoms with van der Waals surface area (Å²) in [6, 6.07) is 0. The molecular formula is C7H10O4S. The van der Waals surface area contributed by atoms with Crippen molar-refractivity contribution in [2.45, 2.75) is 6.10 Å². The van der Waals surface area contributed by atoms with Crippen LogP contribution >= 0.6 is 0 Å². The number of methoxy groups -OCH3 is 1. The summed E-state index contributed by atoms with van der Waals surface area (Å²) < 4.78 is 26.3. The van der Waals surface area contributed by atoms with Crippen molar-refractivity contribution >= 4 is 9.84 Å². The highest BCUT2D eigenvalue weighted by Crippen LogP contribution is 2.17. The zero-order valence-electron chi connectivity index (χ0n) is 6.65. The number of sulfone groups is 1. The predicted molar refractivity (Wildman–Crippen MR) is 42.9 cm³/mol. The predicted octanol–water partition coefficient (Wildman–Crippen LogP) is -1.00. The first-order valence-corrected chi connectivity index (χ1v) is 5.29. The maximum absolute atomic E-state index is 10.9. The summed E-state index contributed by atoms with van der Waals surface area (Å²) in [4.78, 5) is 0. The van der Waals surface area contributed by atoms with Crippen molar-refractivity contribution in [3.8, 4) is 12.0 Å². The Morgan fingerprint density at radius 3 is 2.58 bits per heavy atom. The fourth-order valence-electron chi connectivity index (χ4n) is 1.10. The zero-order valence-corrected chi connectivity index (χ0v) is 7.47. The van der Waals surface area contributed by atoms with Crippen LogP contribution in [0.2, 0.25) is 0 Å². The second-order valence-corrected chi connectivity index (χ2v) is 4.86. The maximum atomic E-state index is 10.9. The van der Waals surface area contributed by atoms with E-state index in [2.05, 4.69) is 16.8 Å². The molecule has 0 radical (unpaired) electrons. The lowest BCUT2D eigenvalue weighted by Gasteiger charge is -2.01. The van der Waals surface area contributed by atoms with E-state index >= 15 is 0 Å². The van der Waals surface area contributed by atoms with E-state index in [1.54, 1.807) is 0 Å². The van der Waals surface area contributed by atoms with Gasteiger partial charge in [0.1, 0.15) is 6.11 Å². The molecule has 1 heterocycles. The molecule has 0 aromatic heterocycles. The molecular weight excluding hydrogens is 180 g/mol. The normalized spacial score (nSPS) is 32.2. The van der Waals surface area contributed by atoms with Gasteiger partial charge in [0.15, 0.2) is 9.84 Å². The van der Waals surface area contributed by atoms with E-state index in [1.807, 2.05) is 0 Å². The van der Waals surface area contributed by atoms with Gasteiger partial charge in [-0.25, -0.2) is 8.42 Å². The Balaban J connectivity index is 2.71. The zero-order chi connectivity index (χ0) is 9.19. The monoisotopic (exact) mass is 190 g/mol. The van der Waals surface area contributed by atoms with E-state index in [0.717, 1.165) is 0 Å². The summed E-state index contributed by atoms with van der Waals surface area (Å²) in [7, 11) is -1.69. The van der Waals surface area contributed by atoms with Gasteiger partial charge < -0.3 is 9.84 Å². The van der Waals surface area contributed by atoms with Gasteiger partial charge in [-0.2, -0.15) is 0 Å². The number of rotatable bonds is 0. The second kappa shape index (κ2) is 3.33. The third-order valence-electron chi connectivity index (χ3n) is 1.67. The van der Waals surface area contributed by atoms with E-state index in [1.165, 1.54) is 7.11 Å². The Bertz CT molecular complexity index is 308. The summed E-state index contributed by atoms with van der Waals surface area (Å²) in [6.07, 6.45) is 1.42. The van der Waals surface area contributed by atoms with Crippen molar-refractivity contribution in [2.75, 3.05) is 18.6 Å². The molecule has 2 atom stereocenters. The van der Waals surface area contributed by atoms with E-state index in [9.17, 15) is 13.5 Å². The van der Waals surface area contributed by atoms with Crippen LogP contribution in [0.3, 0.4) is 0 Å². The van der Waals surface area contributed by atoms with Gasteiger partial charge in [-0.3, -0.25) is 0 Å². The van der Waals surface area contributed by atoms with E-state index < -0.39 is 21.9 Å². The number of aliphatic hydroxyl groups excluding tert-OH is 1. The highest BCUT2D eigenvalue weighted by Gasteiger charge is 2.35. The van der Waals surface area contributed by atoms with Crippen molar-refractivity contribution in [1.82, 2.24) is 0 Å². The fraction of sp³-hybridized carbons (Fsp3) is 0.714. The van der Waals surface area contributed by atoms with Gasteiger partial charge in [-0.05, 0) is 0 Å². The van der Waals surface area contributed by atoms with Gasteiger partial charge in [-0.15, -0.1) is 0 Å². The number of ether oxygens (including phenoxy) is 1. The molecule has 0 aliphatic carbocycles. The first-order chi connectivity index (χ1) is 5.55. The van der Waals surface area contributed by atoms with Gasteiger partial charge in [0.05, 0.1) is 30.6 Å². The van der Waals surface area contributed by atoms with Crippen molar-refractivity contribution in [3.05, 3.63) is 0 Å². The lowest BCUT2D eigenvalue weighted by molar-refractivity contribution is 0.174. The highest BCUT2D eigenvalue weighted by atomic mass is 32.2. The van der Waals surface area contributed by atoms with Crippen LogP contribution in [0.5, 0.6) is 0 Å². The number of hydrogen-bond donors (Lipinski definition) is 1. The first kappa shape index (κ1) is 9.36. The third-order valence-corrected chi connectivity index (χ3v) is 3.39. The number of hydrogen-bond acceptors (Lipinski definition) is 4. The molecule has 1 aliphatic heterocycles. The molecule has 5 heteroatoms. The number of aliphatic hydroxyl groups is 1. The largest absolute Gasteiger partial charge is 0.450 e. The minimum Gasteiger partial charge on any atom is -0.450 e. The molecule has 0 aromatic rings. The molecule has 1 N–H and O–H groups in total. The van der Waals surface area contributed by atoms with E-state index in [4.69, 9.17) is 0 Å². The van der Waals surface area contributed by atoms with Gasteiger partial charge in [0.2, 0.25) is 0 Å². The quantitative estimate of drug-likeness (QED) is 0.498. The Hall–Kier alpha value is -0.730. The van der Waals surface area contributed by atoms with Crippen LogP contribution in [0.1, 0.15) is 0 Å². The summed E-state index contributed by atoms with van der Waals surface area (Å²) in [5, 5.41) is 9.21. The van der Waals surface area contributed by atoms with E-state index in [-0.39, 0.29) is 11.5 Å². The Morgan fingerprint density at radius 2 is 2.17 bits per heavy atom. The van der Waals surface area contributed by atoms with E-state index in [0.29, 0.717) is 0 Å². The van der Waals surface area contributed by atoms with Crippen molar-refractivity contribution < 1.29 is 18.3 Å². The smallest absolute Gasteiger partial charge is 0.154 e. The lowest BCUT2D eigenvalue weighted by Crippen LogP contribution is -2.15. The Labute approximate surface area is 71.5 Å². The molecule has 0 amide bonds. The van der Waals surface area contributed by atoms with Gasteiger partial charge in [0, 0.05) is 0 Å². The standard InChI is InChI=1S/C7H10O4S/c1-11-3-2-6-4-12(9,10)5-7(6)8/h6-8H,4-5H2,1H3/t6-,7-/m1/s1. The van der Waals surface area contributed by atoms with Crippen molar-refractivity contribution in [1.29, 1.82) is 0 Å². The molecule has 0 aromatic carbocycles. The third kappa shape index (κ3) is 2.13. The molecule has 0 bridgehead atoms. The van der Waals surface area contributed by atoms with Crippen LogP contribution < -0.4 is 0 Å². The molecule has 1 saturated heterocycles. The lowest BCUT2D eigenvalue weighted by atomic mass is 10.1. The summed E-state index contributed by atoms with van der Waals surface area (Å²) in [5.41, 5.74) is 0. The fourth-order valence-corrected chi connectivity index (χ4v) is 2.84. The van der Waals surface area contributed by atoms with Crippen molar-refractivity contribution in [2.24, 2.45) is 5.92 Å². The molecule has 1 rings (SSSR count). The average molecular weight is 190 g/mol. The Kier molecular flexibility index (Phi) is 2.60. The van der Waals surface area contributed by atoms with Gasteiger partial charge >= 0.3 is 0 Å². The minimum absolute atomic E-state index is 0.0650. The molecule has 4 nitrogen and oxygen atoms in total. The molecule has 12 heavy (non-hydrogen) atoms. The van der Waals surface area contributed by atoms with Crippen LogP contribution in [0.15, 0.2) is 0 Å². The molecule has 1 fully saturated rings. The molecule has 68 valence electrons. The Morgan fingerprint density at radius 1 is 1.50 bits per heavy atom. The second-order valence-electron chi connectivity index (χ2n) is 2.70. The molecule has 0 saturated carbocycles. The molecule has 1 aliphatic rings. The van der Waals surface area contributed by atoms with Gasteiger partial charge in [0.25, 0.3) is 0 Å². The maximum Gasteiger partial charge on any atom is 0.154 e. The van der Waals surface area contributed by atoms with Crippen LogP contribution in [-0.2, 0) is 14.6 Å².